The molecule has 0 saturated heterocycles. The van der Waals surface area contributed by atoms with Crippen molar-refractivity contribution in [2.24, 2.45) is 0 Å². The van der Waals surface area contributed by atoms with Crippen LogP contribution in [0.25, 0.3) is 6.08 Å². The number of nitrogens with one attached hydrogen (secondary N) is 1. The molecule has 1 amide bonds. The highest BCUT2D eigenvalue weighted by molar-refractivity contribution is 9.10. The SMILES string of the molecule is CCCc1nnc(NC(=O)/C(C#N)=C\c2cc(Br)c(OCc3ccc(F)cc3)c(OCC)c2)s1. The molecule has 10 heteroatoms. The third-order valence-electron chi connectivity index (χ3n) is 4.46. The lowest BCUT2D eigenvalue weighted by atomic mass is 10.1. The van der Waals surface area contributed by atoms with Crippen LogP contribution in [0.2, 0.25) is 0 Å². The number of carbonyl (C=O) groups excluding carboxylic acids is 1. The van der Waals surface area contributed by atoms with E-state index in [0.717, 1.165) is 23.4 Å². The van der Waals surface area contributed by atoms with E-state index in [9.17, 15) is 14.4 Å². The molecule has 0 atom stereocenters. The van der Waals surface area contributed by atoms with Crippen molar-refractivity contribution in [3.63, 3.8) is 0 Å². The van der Waals surface area contributed by atoms with Crippen molar-refractivity contribution < 1.29 is 18.7 Å². The summed E-state index contributed by atoms with van der Waals surface area (Å²) in [7, 11) is 0. The van der Waals surface area contributed by atoms with Gasteiger partial charge in [-0.3, -0.25) is 10.1 Å². The quantitative estimate of drug-likeness (QED) is 0.251. The number of carbonyl (C=O) groups is 1. The van der Waals surface area contributed by atoms with Crippen molar-refractivity contribution in [2.75, 3.05) is 11.9 Å². The number of halogens is 2. The van der Waals surface area contributed by atoms with E-state index in [4.69, 9.17) is 9.47 Å². The van der Waals surface area contributed by atoms with Crippen molar-refractivity contribution in [1.29, 1.82) is 5.26 Å². The van der Waals surface area contributed by atoms with Crippen LogP contribution in [0.4, 0.5) is 9.52 Å². The molecule has 0 fully saturated rings. The minimum Gasteiger partial charge on any atom is -0.490 e. The summed E-state index contributed by atoms with van der Waals surface area (Å²) >= 11 is 4.76. The van der Waals surface area contributed by atoms with Gasteiger partial charge in [-0.25, -0.2) is 4.39 Å². The van der Waals surface area contributed by atoms with E-state index < -0.39 is 5.91 Å². The molecular formula is C24H22BrFN4O3S. The Kier molecular flexibility index (Phi) is 9.13. The number of nitriles is 1. The highest BCUT2D eigenvalue weighted by Gasteiger charge is 2.16. The molecule has 0 radical (unpaired) electrons. The number of aryl methyl sites for hydroxylation is 1. The zero-order valence-electron chi connectivity index (χ0n) is 18.6. The van der Waals surface area contributed by atoms with Gasteiger partial charge in [0.25, 0.3) is 5.91 Å². The number of hydrogen-bond acceptors (Lipinski definition) is 7. The molecule has 0 aliphatic heterocycles. The highest BCUT2D eigenvalue weighted by Crippen LogP contribution is 2.38. The first-order chi connectivity index (χ1) is 16.4. The lowest BCUT2D eigenvalue weighted by Gasteiger charge is -2.15. The number of rotatable bonds is 10. The second-order valence-electron chi connectivity index (χ2n) is 7.05. The molecule has 7 nitrogen and oxygen atoms in total. The van der Waals surface area contributed by atoms with Gasteiger partial charge in [0.05, 0.1) is 11.1 Å². The summed E-state index contributed by atoms with van der Waals surface area (Å²) in [6, 6.07) is 11.3. The van der Waals surface area contributed by atoms with Gasteiger partial charge in [-0.1, -0.05) is 30.4 Å². The van der Waals surface area contributed by atoms with E-state index in [1.807, 2.05) is 19.9 Å². The van der Waals surface area contributed by atoms with E-state index in [-0.39, 0.29) is 18.0 Å². The van der Waals surface area contributed by atoms with E-state index in [0.29, 0.717) is 33.3 Å². The number of hydrogen-bond donors (Lipinski definition) is 1. The predicted molar refractivity (Wildman–Crippen MR) is 132 cm³/mol. The van der Waals surface area contributed by atoms with Gasteiger partial charge in [0.15, 0.2) is 11.5 Å². The molecule has 0 saturated carbocycles. The number of benzene rings is 2. The minimum absolute atomic E-state index is 0.0958. The van der Waals surface area contributed by atoms with Crippen LogP contribution >= 0.6 is 27.3 Å². The first-order valence-corrected chi connectivity index (χ1v) is 12.1. The van der Waals surface area contributed by atoms with Crippen molar-refractivity contribution >= 4 is 44.4 Å². The van der Waals surface area contributed by atoms with Gasteiger partial charge in [-0.05, 0) is 70.7 Å². The van der Waals surface area contributed by atoms with Crippen molar-refractivity contribution in [2.45, 2.75) is 33.3 Å². The van der Waals surface area contributed by atoms with Crippen LogP contribution in [-0.4, -0.2) is 22.7 Å². The zero-order chi connectivity index (χ0) is 24.5. The van der Waals surface area contributed by atoms with E-state index in [2.05, 4.69) is 31.4 Å². The highest BCUT2D eigenvalue weighted by atomic mass is 79.9. The van der Waals surface area contributed by atoms with Crippen LogP contribution in [0.5, 0.6) is 11.5 Å². The van der Waals surface area contributed by atoms with Crippen LogP contribution in [0.3, 0.4) is 0 Å². The zero-order valence-corrected chi connectivity index (χ0v) is 21.0. The Labute approximate surface area is 209 Å². The number of nitrogens with zero attached hydrogens (tertiary/aromatic N) is 3. The Balaban J connectivity index is 1.80. The molecule has 176 valence electrons. The normalized spacial score (nSPS) is 11.1. The van der Waals surface area contributed by atoms with Gasteiger partial charge in [-0.2, -0.15) is 5.26 Å². The fourth-order valence-corrected chi connectivity index (χ4v) is 4.32. The summed E-state index contributed by atoms with van der Waals surface area (Å²) in [5, 5.41) is 21.3. The molecule has 3 aromatic rings. The summed E-state index contributed by atoms with van der Waals surface area (Å²) < 4.78 is 25.3. The average Bonchev–Trinajstić information content (AvgIpc) is 3.25. The number of anilines is 1. The standard InChI is InChI=1S/C24H22BrFN4O3S/c1-3-5-21-29-30-24(34-21)28-23(31)17(13-27)10-16-11-19(25)22(20(12-16)32-4-2)33-14-15-6-8-18(26)9-7-15/h6-12H,3-5,14H2,1-2H3,(H,28,30,31)/b17-10-. The summed E-state index contributed by atoms with van der Waals surface area (Å²) in [6.07, 6.45) is 3.16. The van der Waals surface area contributed by atoms with E-state index >= 15 is 0 Å². The summed E-state index contributed by atoms with van der Waals surface area (Å²) in [4.78, 5) is 12.6. The van der Waals surface area contributed by atoms with Crippen LogP contribution < -0.4 is 14.8 Å². The molecule has 1 heterocycles. The molecule has 0 spiro atoms. The second-order valence-corrected chi connectivity index (χ2v) is 8.97. The number of amides is 1. The lowest BCUT2D eigenvalue weighted by Crippen LogP contribution is -2.13. The maximum atomic E-state index is 13.1. The van der Waals surface area contributed by atoms with Crippen LogP contribution in [-0.2, 0) is 17.8 Å². The van der Waals surface area contributed by atoms with Gasteiger partial charge < -0.3 is 9.47 Å². The van der Waals surface area contributed by atoms with Gasteiger partial charge in [0.2, 0.25) is 5.13 Å². The van der Waals surface area contributed by atoms with Crippen LogP contribution in [0.1, 0.15) is 36.4 Å². The van der Waals surface area contributed by atoms with Crippen LogP contribution in [0, 0.1) is 17.1 Å². The average molecular weight is 545 g/mol. The van der Waals surface area contributed by atoms with Crippen molar-refractivity contribution in [3.05, 3.63) is 68.4 Å². The Hall–Kier alpha value is -3.29. The fraction of sp³-hybridized carbons (Fsp3) is 0.250. The summed E-state index contributed by atoms with van der Waals surface area (Å²) in [5.74, 6) is 0.00760. The molecular weight excluding hydrogens is 523 g/mol. The third-order valence-corrected chi connectivity index (χ3v) is 5.94. The molecule has 3 rings (SSSR count). The maximum absolute atomic E-state index is 13.1. The molecule has 1 N–H and O–H groups in total. The topological polar surface area (TPSA) is 97.1 Å². The van der Waals surface area contributed by atoms with E-state index in [1.54, 1.807) is 24.3 Å². The third kappa shape index (κ3) is 6.85. The molecule has 0 bridgehead atoms. The van der Waals surface area contributed by atoms with Crippen molar-refractivity contribution in [1.82, 2.24) is 10.2 Å². The van der Waals surface area contributed by atoms with E-state index in [1.165, 1.54) is 29.5 Å². The minimum atomic E-state index is -0.576. The first kappa shape index (κ1) is 25.3. The second kappa shape index (κ2) is 12.3. The lowest BCUT2D eigenvalue weighted by molar-refractivity contribution is -0.112. The van der Waals surface area contributed by atoms with Crippen molar-refractivity contribution in [3.8, 4) is 17.6 Å². The Morgan fingerprint density at radius 1 is 1.24 bits per heavy atom. The molecule has 34 heavy (non-hydrogen) atoms. The molecule has 2 aromatic carbocycles. The predicted octanol–water partition coefficient (Wildman–Crippen LogP) is 5.92. The fourth-order valence-electron chi connectivity index (χ4n) is 2.91. The largest absolute Gasteiger partial charge is 0.490 e. The smallest absolute Gasteiger partial charge is 0.268 e. The maximum Gasteiger partial charge on any atom is 0.268 e. The summed E-state index contributed by atoms with van der Waals surface area (Å²) in [5.41, 5.74) is 1.27. The summed E-state index contributed by atoms with van der Waals surface area (Å²) in [6.45, 7) is 4.46. The van der Waals surface area contributed by atoms with Gasteiger partial charge >= 0.3 is 0 Å². The van der Waals surface area contributed by atoms with Gasteiger partial charge in [0, 0.05) is 6.42 Å². The number of aromatic nitrogens is 2. The molecule has 1 aromatic heterocycles. The van der Waals surface area contributed by atoms with Gasteiger partial charge in [0.1, 0.15) is 29.1 Å². The van der Waals surface area contributed by atoms with Crippen LogP contribution in [0.15, 0.2) is 46.4 Å². The number of ether oxygens (including phenoxy) is 2. The Bertz CT molecular complexity index is 1220. The molecule has 0 unspecified atom stereocenters. The Morgan fingerprint density at radius 2 is 2.00 bits per heavy atom. The molecule has 0 aliphatic rings. The van der Waals surface area contributed by atoms with Gasteiger partial charge in [-0.15, -0.1) is 10.2 Å². The monoisotopic (exact) mass is 544 g/mol. The Morgan fingerprint density at radius 3 is 2.68 bits per heavy atom. The first-order valence-electron chi connectivity index (χ1n) is 10.5. The molecule has 0 aliphatic carbocycles.